The van der Waals surface area contributed by atoms with Gasteiger partial charge in [0.1, 0.15) is 18.2 Å². The molecule has 0 bridgehead atoms. The molecular formula is C21H24FNO5. The van der Waals surface area contributed by atoms with Crippen molar-refractivity contribution in [2.75, 3.05) is 0 Å². The largest absolute Gasteiger partial charge is 0.486 e. The van der Waals surface area contributed by atoms with Crippen LogP contribution in [0.5, 0.6) is 5.75 Å². The molecule has 0 fully saturated rings. The van der Waals surface area contributed by atoms with Crippen molar-refractivity contribution in [3.05, 3.63) is 65.5 Å². The minimum atomic E-state index is -1.25. The summed E-state index contributed by atoms with van der Waals surface area (Å²) in [4.78, 5) is 23.2. The van der Waals surface area contributed by atoms with Gasteiger partial charge >= 0.3 is 12.1 Å². The van der Waals surface area contributed by atoms with Gasteiger partial charge in [-0.1, -0.05) is 36.4 Å². The molecule has 1 atom stereocenters. The SMILES string of the molecule is CC(C)(C)OC(=O)NC(Cc1ccc(OCc2ccccc2)c(F)c1)C(=O)O. The Morgan fingerprint density at radius 3 is 2.36 bits per heavy atom. The van der Waals surface area contributed by atoms with Crippen LogP contribution in [-0.4, -0.2) is 28.8 Å². The number of alkyl carbamates (subject to hydrolysis) is 1. The van der Waals surface area contributed by atoms with E-state index in [9.17, 15) is 19.1 Å². The number of halogens is 1. The van der Waals surface area contributed by atoms with Gasteiger partial charge in [0.25, 0.3) is 0 Å². The van der Waals surface area contributed by atoms with E-state index in [1.165, 1.54) is 12.1 Å². The molecule has 2 N–H and O–H groups in total. The van der Waals surface area contributed by atoms with Crippen LogP contribution in [-0.2, 0) is 22.6 Å². The number of aliphatic carboxylic acids is 1. The van der Waals surface area contributed by atoms with E-state index in [-0.39, 0.29) is 18.8 Å². The van der Waals surface area contributed by atoms with Crippen LogP contribution >= 0.6 is 0 Å². The highest BCUT2D eigenvalue weighted by molar-refractivity contribution is 5.80. The monoisotopic (exact) mass is 389 g/mol. The number of carbonyl (C=O) groups excluding carboxylic acids is 1. The molecule has 0 aromatic heterocycles. The molecule has 1 amide bonds. The first-order valence-electron chi connectivity index (χ1n) is 8.81. The molecule has 150 valence electrons. The average molecular weight is 389 g/mol. The number of carbonyl (C=O) groups is 2. The number of hydrogen-bond donors (Lipinski definition) is 2. The second-order valence-corrected chi connectivity index (χ2v) is 7.28. The zero-order valence-electron chi connectivity index (χ0n) is 16.1. The molecule has 0 saturated carbocycles. The van der Waals surface area contributed by atoms with Crippen molar-refractivity contribution in [3.63, 3.8) is 0 Å². The predicted octanol–water partition coefficient (Wildman–Crippen LogP) is 3.93. The molecule has 28 heavy (non-hydrogen) atoms. The van der Waals surface area contributed by atoms with Gasteiger partial charge in [0.05, 0.1) is 0 Å². The molecule has 0 aliphatic heterocycles. The highest BCUT2D eigenvalue weighted by Gasteiger charge is 2.24. The number of benzene rings is 2. The number of nitrogens with one attached hydrogen (secondary N) is 1. The van der Waals surface area contributed by atoms with E-state index in [1.54, 1.807) is 26.8 Å². The van der Waals surface area contributed by atoms with Crippen molar-refractivity contribution < 1.29 is 28.6 Å². The third kappa shape index (κ3) is 6.90. The molecule has 0 spiro atoms. The topological polar surface area (TPSA) is 84.9 Å². The summed E-state index contributed by atoms with van der Waals surface area (Å²) in [5.74, 6) is -1.77. The number of amides is 1. The Morgan fingerprint density at radius 2 is 1.79 bits per heavy atom. The Bertz CT molecular complexity index is 817. The van der Waals surface area contributed by atoms with E-state index in [0.717, 1.165) is 5.56 Å². The summed E-state index contributed by atoms with van der Waals surface area (Å²) in [6, 6.07) is 12.3. The van der Waals surface area contributed by atoms with E-state index in [1.807, 2.05) is 30.3 Å². The normalized spacial score (nSPS) is 12.1. The molecule has 1 unspecified atom stereocenters. The first kappa shape index (κ1) is 21.2. The zero-order valence-corrected chi connectivity index (χ0v) is 16.1. The van der Waals surface area contributed by atoms with Crippen LogP contribution in [0.2, 0.25) is 0 Å². The van der Waals surface area contributed by atoms with Crippen molar-refractivity contribution in [1.82, 2.24) is 5.32 Å². The van der Waals surface area contributed by atoms with Crippen LogP contribution in [0.1, 0.15) is 31.9 Å². The zero-order chi connectivity index (χ0) is 20.7. The Morgan fingerprint density at radius 1 is 1.11 bits per heavy atom. The van der Waals surface area contributed by atoms with Crippen LogP contribution in [0.4, 0.5) is 9.18 Å². The van der Waals surface area contributed by atoms with E-state index in [4.69, 9.17) is 9.47 Å². The molecule has 0 aliphatic rings. The van der Waals surface area contributed by atoms with Crippen LogP contribution in [0.3, 0.4) is 0 Å². The van der Waals surface area contributed by atoms with Crippen LogP contribution in [0.15, 0.2) is 48.5 Å². The van der Waals surface area contributed by atoms with Gasteiger partial charge in [-0.2, -0.15) is 0 Å². The lowest BCUT2D eigenvalue weighted by molar-refractivity contribution is -0.139. The second-order valence-electron chi connectivity index (χ2n) is 7.28. The van der Waals surface area contributed by atoms with Crippen molar-refractivity contribution in [3.8, 4) is 5.75 Å². The Balaban J connectivity index is 2.00. The summed E-state index contributed by atoms with van der Waals surface area (Å²) in [7, 11) is 0. The Hall–Kier alpha value is -3.09. The maximum Gasteiger partial charge on any atom is 0.408 e. The summed E-state index contributed by atoms with van der Waals surface area (Å²) < 4.78 is 24.8. The fraction of sp³-hybridized carbons (Fsp3) is 0.333. The van der Waals surface area contributed by atoms with Gasteiger partial charge in [-0.3, -0.25) is 0 Å². The number of hydrogen-bond acceptors (Lipinski definition) is 4. The van der Waals surface area contributed by atoms with Gasteiger partial charge in [-0.15, -0.1) is 0 Å². The minimum absolute atomic E-state index is 0.0691. The fourth-order valence-electron chi connectivity index (χ4n) is 2.41. The van der Waals surface area contributed by atoms with Crippen LogP contribution in [0.25, 0.3) is 0 Å². The van der Waals surface area contributed by atoms with Gasteiger partial charge in [0.15, 0.2) is 11.6 Å². The lowest BCUT2D eigenvalue weighted by atomic mass is 10.1. The Kier molecular flexibility index (Phi) is 6.98. The first-order valence-corrected chi connectivity index (χ1v) is 8.81. The average Bonchev–Trinajstić information content (AvgIpc) is 2.59. The summed E-state index contributed by atoms with van der Waals surface area (Å²) in [5, 5.41) is 11.6. The summed E-state index contributed by atoms with van der Waals surface area (Å²) in [6.07, 6.45) is -0.937. The van der Waals surface area contributed by atoms with Gasteiger partial charge in [-0.05, 0) is 44.0 Å². The predicted molar refractivity (Wildman–Crippen MR) is 102 cm³/mol. The number of carboxylic acids is 1. The van der Waals surface area contributed by atoms with Crippen LogP contribution < -0.4 is 10.1 Å². The van der Waals surface area contributed by atoms with E-state index >= 15 is 0 Å². The smallest absolute Gasteiger partial charge is 0.408 e. The van der Waals surface area contributed by atoms with Crippen molar-refractivity contribution in [2.45, 2.75) is 45.4 Å². The fourth-order valence-corrected chi connectivity index (χ4v) is 2.41. The lowest BCUT2D eigenvalue weighted by Gasteiger charge is -2.22. The van der Waals surface area contributed by atoms with Gasteiger partial charge in [0.2, 0.25) is 0 Å². The molecule has 2 aromatic carbocycles. The highest BCUT2D eigenvalue weighted by atomic mass is 19.1. The molecule has 2 rings (SSSR count). The van der Waals surface area contributed by atoms with Gasteiger partial charge in [-0.25, -0.2) is 14.0 Å². The van der Waals surface area contributed by atoms with E-state index in [2.05, 4.69) is 5.32 Å². The maximum atomic E-state index is 14.3. The third-order valence-electron chi connectivity index (χ3n) is 3.66. The number of ether oxygens (including phenoxy) is 2. The van der Waals surface area contributed by atoms with E-state index in [0.29, 0.717) is 5.56 Å². The first-order chi connectivity index (χ1) is 13.1. The molecule has 0 saturated heterocycles. The molecule has 2 aromatic rings. The van der Waals surface area contributed by atoms with Gasteiger partial charge < -0.3 is 19.9 Å². The summed E-state index contributed by atoms with van der Waals surface area (Å²) in [6.45, 7) is 5.23. The van der Waals surface area contributed by atoms with Crippen molar-refractivity contribution in [2.24, 2.45) is 0 Å². The molecule has 0 radical (unpaired) electrons. The molecule has 7 heteroatoms. The van der Waals surface area contributed by atoms with Crippen molar-refractivity contribution >= 4 is 12.1 Å². The molecular weight excluding hydrogens is 365 g/mol. The van der Waals surface area contributed by atoms with Crippen molar-refractivity contribution in [1.29, 1.82) is 0 Å². The highest BCUT2D eigenvalue weighted by Crippen LogP contribution is 2.21. The maximum absolute atomic E-state index is 14.3. The van der Waals surface area contributed by atoms with Crippen LogP contribution in [0, 0.1) is 5.82 Å². The van der Waals surface area contributed by atoms with E-state index < -0.39 is 29.5 Å². The number of rotatable bonds is 7. The molecule has 0 heterocycles. The molecule has 6 nitrogen and oxygen atoms in total. The number of carboxylic acid groups (broad SMARTS) is 1. The Labute approximate surface area is 163 Å². The summed E-state index contributed by atoms with van der Waals surface area (Å²) >= 11 is 0. The molecule has 0 aliphatic carbocycles. The second kappa shape index (κ2) is 9.21. The third-order valence-corrected chi connectivity index (χ3v) is 3.66. The minimum Gasteiger partial charge on any atom is -0.486 e. The summed E-state index contributed by atoms with van der Waals surface area (Å²) in [5.41, 5.74) is 0.559. The quantitative estimate of drug-likeness (QED) is 0.750. The standard InChI is InChI=1S/C21H24FNO5/c1-21(2,3)28-20(26)23-17(19(24)25)12-15-9-10-18(16(22)11-15)27-13-14-7-5-4-6-8-14/h4-11,17H,12-13H2,1-3H3,(H,23,26)(H,24,25). The lowest BCUT2D eigenvalue weighted by Crippen LogP contribution is -2.44. The van der Waals surface area contributed by atoms with Gasteiger partial charge in [0, 0.05) is 6.42 Å².